The van der Waals surface area contributed by atoms with Crippen molar-refractivity contribution >= 4 is 27.3 Å². The number of anilines is 2. The van der Waals surface area contributed by atoms with Crippen LogP contribution < -0.4 is 14.4 Å². The summed E-state index contributed by atoms with van der Waals surface area (Å²) in [4.78, 5) is 12.7. The summed E-state index contributed by atoms with van der Waals surface area (Å²) in [6.45, 7) is 4.11. The topological polar surface area (TPSA) is 75.7 Å². The first-order valence-electron chi connectivity index (χ1n) is 8.36. The maximum Gasteiger partial charge on any atom is 0.265 e. The van der Waals surface area contributed by atoms with Crippen molar-refractivity contribution in [1.82, 2.24) is 0 Å². The van der Waals surface area contributed by atoms with Gasteiger partial charge < -0.3 is 10.1 Å². The number of hydrogen-bond donors (Lipinski definition) is 1. The number of para-hydroxylation sites is 2. The van der Waals surface area contributed by atoms with Crippen molar-refractivity contribution in [2.24, 2.45) is 0 Å². The molecule has 26 heavy (non-hydrogen) atoms. The van der Waals surface area contributed by atoms with Gasteiger partial charge in [-0.05, 0) is 49.2 Å². The highest BCUT2D eigenvalue weighted by molar-refractivity contribution is 7.92. The summed E-state index contributed by atoms with van der Waals surface area (Å²) in [5, 5.41) is 2.87. The second-order valence-corrected chi connectivity index (χ2v) is 8.47. The molecular weight excluding hydrogens is 352 g/mol. The number of rotatable bonds is 3. The van der Waals surface area contributed by atoms with Crippen LogP contribution in [0.1, 0.15) is 17.5 Å². The van der Waals surface area contributed by atoms with Crippen LogP contribution >= 0.6 is 0 Å². The van der Waals surface area contributed by atoms with Crippen molar-refractivity contribution in [2.75, 3.05) is 22.4 Å². The Morgan fingerprint density at radius 2 is 1.81 bits per heavy atom. The molecule has 0 saturated carbocycles. The monoisotopic (exact) mass is 374 g/mol. The fraction of sp³-hybridized carbons (Fsp3) is 0.316. The molecule has 7 heteroatoms. The highest BCUT2D eigenvalue weighted by atomic mass is 32.2. The highest BCUT2D eigenvalue weighted by Gasteiger charge is 2.31. The molecule has 6 nitrogen and oxygen atoms in total. The molecule has 1 N–H and O–H groups in total. The fourth-order valence-electron chi connectivity index (χ4n) is 3.13. The Morgan fingerprint density at radius 1 is 1.15 bits per heavy atom. The molecule has 2 aromatic rings. The van der Waals surface area contributed by atoms with Crippen molar-refractivity contribution in [3.05, 3.63) is 53.6 Å². The predicted molar refractivity (Wildman–Crippen MR) is 102 cm³/mol. The zero-order valence-electron chi connectivity index (χ0n) is 15.0. The Bertz CT molecular complexity index is 920. The van der Waals surface area contributed by atoms with Crippen LogP contribution in [0.25, 0.3) is 0 Å². The number of fused-ring (bicyclic) bond motifs is 1. The lowest BCUT2D eigenvalue weighted by molar-refractivity contribution is -0.122. The fourth-order valence-corrected chi connectivity index (χ4v) is 4.07. The Hall–Kier alpha value is -2.54. The van der Waals surface area contributed by atoms with Crippen molar-refractivity contribution in [3.63, 3.8) is 0 Å². The molecular formula is C19H22N2O4S. The zero-order chi connectivity index (χ0) is 18.9. The number of amides is 1. The lowest BCUT2D eigenvalue weighted by Crippen LogP contribution is -2.36. The van der Waals surface area contributed by atoms with E-state index in [0.717, 1.165) is 17.4 Å². The third kappa shape index (κ3) is 3.99. The largest absolute Gasteiger partial charge is 0.478 e. The Kier molecular flexibility index (Phi) is 4.91. The zero-order valence-corrected chi connectivity index (χ0v) is 15.8. The predicted octanol–water partition coefficient (Wildman–Crippen LogP) is 2.86. The molecule has 0 saturated heterocycles. The van der Waals surface area contributed by atoms with Crippen LogP contribution in [0.5, 0.6) is 5.75 Å². The van der Waals surface area contributed by atoms with Gasteiger partial charge in [0.1, 0.15) is 5.75 Å². The summed E-state index contributed by atoms with van der Waals surface area (Å²) < 4.78 is 31.4. The maximum atomic E-state index is 12.7. The summed E-state index contributed by atoms with van der Waals surface area (Å²) in [7, 11) is -3.46. The van der Waals surface area contributed by atoms with Gasteiger partial charge in [-0.3, -0.25) is 9.10 Å². The van der Waals surface area contributed by atoms with Crippen molar-refractivity contribution in [2.45, 2.75) is 26.4 Å². The van der Waals surface area contributed by atoms with Crippen molar-refractivity contribution in [1.29, 1.82) is 0 Å². The van der Waals surface area contributed by atoms with E-state index in [1.165, 1.54) is 4.31 Å². The van der Waals surface area contributed by atoms with Gasteiger partial charge in [0.25, 0.3) is 5.91 Å². The molecule has 1 aliphatic heterocycles. The average molecular weight is 374 g/mol. The van der Waals surface area contributed by atoms with Gasteiger partial charge in [-0.1, -0.05) is 18.2 Å². The molecule has 0 fully saturated rings. The van der Waals surface area contributed by atoms with E-state index in [4.69, 9.17) is 4.74 Å². The Morgan fingerprint density at radius 3 is 2.46 bits per heavy atom. The summed E-state index contributed by atoms with van der Waals surface area (Å²) in [6, 6.07) is 12.7. The van der Waals surface area contributed by atoms with Gasteiger partial charge in [-0.25, -0.2) is 8.42 Å². The molecule has 2 aromatic carbocycles. The summed E-state index contributed by atoms with van der Waals surface area (Å²) in [6.07, 6.45) is 0.640. The van der Waals surface area contributed by atoms with Gasteiger partial charge in [-0.2, -0.15) is 0 Å². The van der Waals surface area contributed by atoms with Gasteiger partial charge in [-0.15, -0.1) is 0 Å². The van der Waals surface area contributed by atoms with Gasteiger partial charge in [0.05, 0.1) is 11.9 Å². The van der Waals surface area contributed by atoms with E-state index in [-0.39, 0.29) is 18.9 Å². The van der Waals surface area contributed by atoms with Gasteiger partial charge in [0.15, 0.2) is 6.10 Å². The van der Waals surface area contributed by atoms with Crippen LogP contribution in [0.15, 0.2) is 42.5 Å². The number of carbonyl (C=O) groups is 1. The molecule has 1 heterocycles. The minimum absolute atomic E-state index is 0.181. The summed E-state index contributed by atoms with van der Waals surface area (Å²) in [5.74, 6) is 0.0937. The molecule has 1 atom stereocenters. The standard InChI is InChI=1S/C19H22N2O4S/c1-13-10-14(2)12-15(11-13)20-19(22)18-8-9-21(26(3,23)24)16-6-4-5-7-17(16)25-18/h4-7,10-12,18H,8-9H2,1-3H3,(H,20,22)/t18-/m1/s1. The number of aryl methyl sites for hydroxylation is 2. The minimum Gasteiger partial charge on any atom is -0.478 e. The molecule has 0 unspecified atom stereocenters. The number of hydrogen-bond acceptors (Lipinski definition) is 4. The van der Waals surface area contributed by atoms with E-state index in [9.17, 15) is 13.2 Å². The van der Waals surface area contributed by atoms with Crippen LogP contribution in [0.3, 0.4) is 0 Å². The van der Waals surface area contributed by atoms with Crippen LogP contribution in [0, 0.1) is 13.8 Å². The number of nitrogens with one attached hydrogen (secondary N) is 1. The SMILES string of the molecule is Cc1cc(C)cc(NC(=O)[C@H]2CCN(S(C)(=O)=O)c3ccccc3O2)c1. The average Bonchev–Trinajstić information content (AvgIpc) is 2.73. The molecule has 0 aliphatic carbocycles. The van der Waals surface area contributed by atoms with Gasteiger partial charge in [0, 0.05) is 18.7 Å². The van der Waals surface area contributed by atoms with Crippen molar-refractivity contribution < 1.29 is 17.9 Å². The Balaban J connectivity index is 1.85. The van der Waals surface area contributed by atoms with E-state index in [2.05, 4.69) is 5.32 Å². The second kappa shape index (κ2) is 6.99. The number of nitrogens with zero attached hydrogens (tertiary/aromatic N) is 1. The number of carbonyl (C=O) groups excluding carboxylic acids is 1. The molecule has 0 bridgehead atoms. The van der Waals surface area contributed by atoms with E-state index < -0.39 is 16.1 Å². The Labute approximate surface area is 153 Å². The van der Waals surface area contributed by atoms with Gasteiger partial charge >= 0.3 is 0 Å². The molecule has 0 radical (unpaired) electrons. The normalized spacial score (nSPS) is 17.0. The molecule has 1 amide bonds. The van der Waals surface area contributed by atoms with E-state index in [1.807, 2.05) is 32.0 Å². The van der Waals surface area contributed by atoms with Crippen LogP contribution in [0.2, 0.25) is 0 Å². The smallest absolute Gasteiger partial charge is 0.265 e. The van der Waals surface area contributed by atoms with Crippen molar-refractivity contribution in [3.8, 4) is 5.75 Å². The van der Waals surface area contributed by atoms with E-state index in [1.54, 1.807) is 24.3 Å². The molecule has 3 rings (SSSR count). The molecule has 1 aliphatic rings. The maximum absolute atomic E-state index is 12.7. The van der Waals surface area contributed by atoms with E-state index in [0.29, 0.717) is 17.1 Å². The second-order valence-electron chi connectivity index (χ2n) is 6.56. The first kappa shape index (κ1) is 18.3. The quantitative estimate of drug-likeness (QED) is 0.896. The first-order valence-corrected chi connectivity index (χ1v) is 10.2. The lowest BCUT2D eigenvalue weighted by Gasteiger charge is -2.20. The molecule has 0 aromatic heterocycles. The molecule has 0 spiro atoms. The molecule has 138 valence electrons. The lowest BCUT2D eigenvalue weighted by atomic mass is 10.1. The highest BCUT2D eigenvalue weighted by Crippen LogP contribution is 2.34. The van der Waals surface area contributed by atoms with Gasteiger partial charge in [0.2, 0.25) is 10.0 Å². The minimum atomic E-state index is -3.46. The van der Waals surface area contributed by atoms with Crippen LogP contribution in [0.4, 0.5) is 11.4 Å². The van der Waals surface area contributed by atoms with Crippen LogP contribution in [-0.4, -0.2) is 33.2 Å². The first-order chi connectivity index (χ1) is 12.2. The third-order valence-electron chi connectivity index (χ3n) is 4.18. The summed E-state index contributed by atoms with van der Waals surface area (Å²) >= 11 is 0. The summed E-state index contributed by atoms with van der Waals surface area (Å²) in [5.41, 5.74) is 3.26. The third-order valence-corrected chi connectivity index (χ3v) is 5.36. The number of benzene rings is 2. The number of sulfonamides is 1. The van der Waals surface area contributed by atoms with E-state index >= 15 is 0 Å². The van der Waals surface area contributed by atoms with Crippen LogP contribution in [-0.2, 0) is 14.8 Å². The number of ether oxygens (including phenoxy) is 1.